The molecule has 1 aromatic heterocycles. The maximum atomic E-state index is 13.7. The van der Waals surface area contributed by atoms with Crippen molar-refractivity contribution in [3.05, 3.63) is 140 Å². The molecule has 3 unspecified atom stereocenters. The zero-order valence-electron chi connectivity index (χ0n) is 26.1. The minimum Gasteiger partial charge on any atom is -0.350 e. The van der Waals surface area contributed by atoms with Crippen molar-refractivity contribution >= 4 is 18.1 Å². The number of nitrogens with one attached hydrogen (secondary N) is 1. The Bertz CT molecular complexity index is 1780. The molecular formula is C35H37ClN5O5P. The summed E-state index contributed by atoms with van der Waals surface area (Å²) in [5.74, 6) is -0.0972. The van der Waals surface area contributed by atoms with Gasteiger partial charge in [-0.25, -0.2) is 9.46 Å². The second kappa shape index (κ2) is 14.1. The molecular weight excluding hydrogens is 637 g/mol. The van der Waals surface area contributed by atoms with Gasteiger partial charge in [0.2, 0.25) is 0 Å². The number of hydrogen-bond donors (Lipinski definition) is 1. The molecule has 12 heteroatoms. The molecule has 244 valence electrons. The molecule has 4 aromatic rings. The number of H-pyrrole nitrogens is 1. The summed E-state index contributed by atoms with van der Waals surface area (Å²) in [7, 11) is 0. The molecule has 47 heavy (non-hydrogen) atoms. The molecule has 0 radical (unpaired) electrons. The van der Waals surface area contributed by atoms with E-state index in [4.69, 9.17) is 20.5 Å². The van der Waals surface area contributed by atoms with Crippen molar-refractivity contribution in [2.45, 2.75) is 37.6 Å². The molecule has 0 amide bonds. The maximum Gasteiger partial charge on any atom is 0.363 e. The lowest BCUT2D eigenvalue weighted by Gasteiger charge is -2.50. The van der Waals surface area contributed by atoms with Gasteiger partial charge in [-0.1, -0.05) is 91.0 Å². The van der Waals surface area contributed by atoms with E-state index >= 15 is 0 Å². The molecule has 3 atom stereocenters. The number of aromatic nitrogens is 2. The van der Waals surface area contributed by atoms with Crippen molar-refractivity contribution in [2.24, 2.45) is 5.92 Å². The molecule has 0 aliphatic carbocycles. The highest BCUT2D eigenvalue weighted by Gasteiger charge is 2.47. The minimum atomic E-state index is -3.74. The molecule has 0 spiro atoms. The van der Waals surface area contributed by atoms with Crippen LogP contribution in [-0.2, 0) is 19.4 Å². The van der Waals surface area contributed by atoms with Crippen LogP contribution in [0.2, 0.25) is 0 Å². The van der Waals surface area contributed by atoms with Crippen LogP contribution >= 0.6 is 18.1 Å². The van der Waals surface area contributed by atoms with Crippen molar-refractivity contribution < 1.29 is 13.8 Å². The van der Waals surface area contributed by atoms with Crippen LogP contribution < -0.4 is 11.2 Å². The zero-order valence-corrected chi connectivity index (χ0v) is 27.7. The third kappa shape index (κ3) is 6.79. The Morgan fingerprint density at radius 1 is 0.936 bits per heavy atom. The van der Waals surface area contributed by atoms with E-state index in [1.807, 2.05) is 54.6 Å². The second-order valence-electron chi connectivity index (χ2n) is 12.0. The van der Waals surface area contributed by atoms with E-state index in [1.165, 1.54) is 10.8 Å². The van der Waals surface area contributed by atoms with Gasteiger partial charge < -0.3 is 9.26 Å². The van der Waals surface area contributed by atoms with Crippen molar-refractivity contribution in [1.29, 1.82) is 5.26 Å². The standard InChI is InChI=1S/C35H37ClN5O5P/c1-26-22-41(34(43)38-33(26)42)32-24-39(23-31(46-32)25-45-47(36,44)40-19-17-27(21-37)18-20-40)35(28-11-5-2-6-12-28,29-13-7-3-8-14-29)30-15-9-4-10-16-30/h2-16,22,27,31-32H,17-20,23-25H2,1H3,(H,38,42,43). The van der Waals surface area contributed by atoms with Gasteiger partial charge in [0.1, 0.15) is 0 Å². The van der Waals surface area contributed by atoms with Gasteiger partial charge in [0.15, 0.2) is 6.23 Å². The Morgan fingerprint density at radius 3 is 1.98 bits per heavy atom. The van der Waals surface area contributed by atoms with Crippen LogP contribution in [0.5, 0.6) is 0 Å². The molecule has 2 saturated heterocycles. The molecule has 2 aliphatic rings. The molecule has 3 heterocycles. The summed E-state index contributed by atoms with van der Waals surface area (Å²) in [6.07, 6.45) is 1.13. The second-order valence-corrected chi connectivity index (χ2v) is 15.0. The lowest BCUT2D eigenvalue weighted by Crippen LogP contribution is -2.58. The largest absolute Gasteiger partial charge is 0.363 e. The first-order valence-corrected chi connectivity index (χ1v) is 18.2. The van der Waals surface area contributed by atoms with Crippen molar-refractivity contribution in [2.75, 3.05) is 32.8 Å². The number of halogens is 1. The number of nitrogens with zero attached hydrogens (tertiary/aromatic N) is 4. The van der Waals surface area contributed by atoms with Crippen molar-refractivity contribution in [1.82, 2.24) is 19.1 Å². The van der Waals surface area contributed by atoms with E-state index < -0.39 is 36.0 Å². The molecule has 0 saturated carbocycles. The number of hydrogen-bond acceptors (Lipinski definition) is 7. The smallest absolute Gasteiger partial charge is 0.350 e. The van der Waals surface area contributed by atoms with E-state index in [1.54, 1.807) is 11.6 Å². The van der Waals surface area contributed by atoms with Crippen molar-refractivity contribution in [3.63, 3.8) is 0 Å². The monoisotopic (exact) mass is 673 g/mol. The summed E-state index contributed by atoms with van der Waals surface area (Å²) in [6.45, 7) is -0.833. The van der Waals surface area contributed by atoms with Gasteiger partial charge in [-0.3, -0.25) is 23.8 Å². The van der Waals surface area contributed by atoms with E-state index in [2.05, 4.69) is 52.4 Å². The van der Waals surface area contributed by atoms with Gasteiger partial charge in [-0.05, 0) is 47.7 Å². The SMILES string of the molecule is Cc1cn(C2CN(C(c3ccccc3)(c3ccccc3)c3ccccc3)CC(COP(=O)(Cl)N3CCC(C#N)CC3)O2)c(=O)[nH]c1=O. The van der Waals surface area contributed by atoms with Gasteiger partial charge in [0.25, 0.3) is 5.56 Å². The molecule has 6 rings (SSSR count). The zero-order chi connectivity index (χ0) is 33.0. The quantitative estimate of drug-likeness (QED) is 0.179. The summed E-state index contributed by atoms with van der Waals surface area (Å²) < 4.78 is 29.2. The Morgan fingerprint density at radius 2 is 1.47 bits per heavy atom. The van der Waals surface area contributed by atoms with Crippen LogP contribution in [0.15, 0.2) is 107 Å². The van der Waals surface area contributed by atoms with Crippen LogP contribution in [0.4, 0.5) is 0 Å². The number of aromatic amines is 1. The summed E-state index contributed by atoms with van der Waals surface area (Å²) in [5, 5.41) is 9.29. The van der Waals surface area contributed by atoms with Crippen LogP contribution in [0, 0.1) is 24.2 Å². The predicted molar refractivity (Wildman–Crippen MR) is 180 cm³/mol. The van der Waals surface area contributed by atoms with Gasteiger partial charge in [-0.2, -0.15) is 5.26 Å². The van der Waals surface area contributed by atoms with Gasteiger partial charge in [-0.15, -0.1) is 0 Å². The third-order valence-corrected chi connectivity index (χ3v) is 11.5. The fraction of sp³-hybridized carbons (Fsp3) is 0.343. The normalized spacial score (nSPS) is 21.1. The lowest BCUT2D eigenvalue weighted by molar-refractivity contribution is -0.148. The highest BCUT2D eigenvalue weighted by molar-refractivity contribution is 7.83. The number of aryl methyl sites for hydroxylation is 1. The molecule has 2 fully saturated rings. The number of nitriles is 1. The third-order valence-electron chi connectivity index (χ3n) is 9.07. The highest BCUT2D eigenvalue weighted by Crippen LogP contribution is 2.57. The first-order valence-electron chi connectivity index (χ1n) is 15.7. The summed E-state index contributed by atoms with van der Waals surface area (Å²) in [5.41, 5.74) is 1.48. The molecule has 1 N–H and O–H groups in total. The molecule has 2 aliphatic heterocycles. The van der Waals surface area contributed by atoms with Gasteiger partial charge in [0, 0.05) is 43.9 Å². The molecule has 3 aromatic carbocycles. The van der Waals surface area contributed by atoms with Gasteiger partial charge in [0.05, 0.1) is 24.3 Å². The first kappa shape index (κ1) is 33.1. The average Bonchev–Trinajstić information content (AvgIpc) is 3.11. The highest BCUT2D eigenvalue weighted by atomic mass is 35.7. The lowest BCUT2D eigenvalue weighted by atomic mass is 9.75. The number of ether oxygens (including phenoxy) is 1. The average molecular weight is 674 g/mol. The Hall–Kier alpha value is -3.81. The Balaban J connectivity index is 1.44. The fourth-order valence-corrected chi connectivity index (χ4v) is 8.56. The fourth-order valence-electron chi connectivity index (χ4n) is 6.71. The van der Waals surface area contributed by atoms with Crippen LogP contribution in [0.3, 0.4) is 0 Å². The van der Waals surface area contributed by atoms with E-state index in [-0.39, 0.29) is 19.1 Å². The maximum absolute atomic E-state index is 13.7. The number of benzene rings is 3. The van der Waals surface area contributed by atoms with Crippen LogP contribution in [-0.4, -0.2) is 58.0 Å². The topological polar surface area (TPSA) is 121 Å². The van der Waals surface area contributed by atoms with E-state index in [0.717, 1.165) is 16.7 Å². The Kier molecular flexibility index (Phi) is 9.95. The summed E-state index contributed by atoms with van der Waals surface area (Å²) in [6, 6.07) is 32.7. The summed E-state index contributed by atoms with van der Waals surface area (Å²) >= 11 is 6.57. The van der Waals surface area contributed by atoms with Crippen molar-refractivity contribution in [3.8, 4) is 6.07 Å². The number of morpholine rings is 1. The summed E-state index contributed by atoms with van der Waals surface area (Å²) in [4.78, 5) is 30.2. The number of rotatable bonds is 9. The molecule has 0 bridgehead atoms. The Labute approximate surface area is 278 Å². The van der Waals surface area contributed by atoms with Crippen LogP contribution in [0.1, 0.15) is 41.3 Å². The first-order chi connectivity index (χ1) is 22.7. The number of piperidine rings is 1. The van der Waals surface area contributed by atoms with E-state index in [0.29, 0.717) is 38.0 Å². The predicted octanol–water partition coefficient (Wildman–Crippen LogP) is 5.64. The van der Waals surface area contributed by atoms with E-state index in [9.17, 15) is 19.4 Å². The van der Waals surface area contributed by atoms with Gasteiger partial charge >= 0.3 is 12.6 Å². The minimum absolute atomic E-state index is 0.0972. The van der Waals surface area contributed by atoms with Crippen LogP contribution in [0.25, 0.3) is 0 Å². The molecule has 10 nitrogen and oxygen atoms in total.